The Bertz CT molecular complexity index is 891. The molecule has 3 heterocycles. The molecule has 0 fully saturated rings. The lowest BCUT2D eigenvalue weighted by Gasteiger charge is -2.05. The van der Waals surface area contributed by atoms with Crippen LogP contribution in [0.25, 0.3) is 17.1 Å². The number of ether oxygens (including phenoxy) is 1. The molecule has 0 saturated heterocycles. The molecule has 0 aliphatic rings. The second kappa shape index (κ2) is 5.03. The monoisotopic (exact) mass is 300 g/mol. The van der Waals surface area contributed by atoms with Crippen LogP contribution in [0.4, 0.5) is 0 Å². The molecule has 0 aliphatic heterocycles. The van der Waals surface area contributed by atoms with Crippen LogP contribution < -0.4 is 0 Å². The van der Waals surface area contributed by atoms with Crippen LogP contribution in [0.15, 0.2) is 34.7 Å². The molecule has 0 atom stereocenters. The minimum absolute atomic E-state index is 0.158. The number of esters is 1. The lowest BCUT2D eigenvalue weighted by atomic mass is 10.3. The molecule has 112 valence electrons. The molecule has 0 unspecified atom stereocenters. The summed E-state index contributed by atoms with van der Waals surface area (Å²) in [7, 11) is 1.26. The second-order valence-corrected chi connectivity index (χ2v) is 4.62. The van der Waals surface area contributed by atoms with Crippen molar-refractivity contribution in [1.29, 1.82) is 0 Å². The Kier molecular flexibility index (Phi) is 3.17. The van der Waals surface area contributed by atoms with Crippen LogP contribution in [-0.2, 0) is 4.74 Å². The molecule has 22 heavy (non-hydrogen) atoms. The summed E-state index contributed by atoms with van der Waals surface area (Å²) in [4.78, 5) is 27.5. The predicted molar refractivity (Wildman–Crippen MR) is 75.9 cm³/mol. The fourth-order valence-electron chi connectivity index (χ4n) is 2.28. The SMILES string of the molecule is COC(=O)c1cccc2c(C(=O)O)nc(-c3ccc(C)o3)n12. The number of aryl methyl sites for hydroxylation is 1. The molecule has 1 N–H and O–H groups in total. The minimum atomic E-state index is -1.19. The maximum Gasteiger partial charge on any atom is 0.356 e. The molecular formula is C15H12N2O5. The first-order chi connectivity index (χ1) is 10.5. The van der Waals surface area contributed by atoms with Gasteiger partial charge < -0.3 is 14.3 Å². The summed E-state index contributed by atoms with van der Waals surface area (Å²) >= 11 is 0. The summed E-state index contributed by atoms with van der Waals surface area (Å²) in [5.41, 5.74) is 0.304. The van der Waals surface area contributed by atoms with E-state index in [2.05, 4.69) is 4.98 Å². The zero-order valence-corrected chi connectivity index (χ0v) is 11.9. The number of carboxylic acid groups (broad SMARTS) is 1. The number of hydrogen-bond donors (Lipinski definition) is 1. The number of fused-ring (bicyclic) bond motifs is 1. The molecule has 3 rings (SSSR count). The third-order valence-corrected chi connectivity index (χ3v) is 3.22. The quantitative estimate of drug-likeness (QED) is 0.746. The van der Waals surface area contributed by atoms with Crippen molar-refractivity contribution in [2.24, 2.45) is 0 Å². The maximum absolute atomic E-state index is 11.9. The summed E-state index contributed by atoms with van der Waals surface area (Å²) in [5, 5.41) is 9.31. The summed E-state index contributed by atoms with van der Waals surface area (Å²) in [6, 6.07) is 8.09. The average molecular weight is 300 g/mol. The number of rotatable bonds is 3. The number of methoxy groups -OCH3 is 1. The van der Waals surface area contributed by atoms with Crippen molar-refractivity contribution in [3.63, 3.8) is 0 Å². The Morgan fingerprint density at radius 3 is 2.64 bits per heavy atom. The Balaban J connectivity index is 2.40. The first kappa shape index (κ1) is 13.9. The van der Waals surface area contributed by atoms with Gasteiger partial charge in [0.25, 0.3) is 0 Å². The first-order valence-electron chi connectivity index (χ1n) is 6.43. The van der Waals surface area contributed by atoms with E-state index >= 15 is 0 Å². The Morgan fingerprint density at radius 1 is 1.27 bits per heavy atom. The van der Waals surface area contributed by atoms with E-state index < -0.39 is 11.9 Å². The van der Waals surface area contributed by atoms with Gasteiger partial charge in [0, 0.05) is 0 Å². The third kappa shape index (κ3) is 2.03. The van der Waals surface area contributed by atoms with Gasteiger partial charge in [-0.2, -0.15) is 0 Å². The molecule has 3 aromatic heterocycles. The van der Waals surface area contributed by atoms with Crippen molar-refractivity contribution >= 4 is 17.5 Å². The van der Waals surface area contributed by atoms with Gasteiger partial charge in [-0.1, -0.05) is 6.07 Å². The Morgan fingerprint density at radius 2 is 2.05 bits per heavy atom. The molecule has 0 aromatic carbocycles. The van der Waals surface area contributed by atoms with Crippen LogP contribution >= 0.6 is 0 Å². The number of carbonyl (C=O) groups excluding carboxylic acids is 1. The number of aromatic carboxylic acids is 1. The molecule has 7 nitrogen and oxygen atoms in total. The number of carbonyl (C=O) groups is 2. The highest BCUT2D eigenvalue weighted by molar-refractivity contribution is 5.97. The maximum atomic E-state index is 11.9. The van der Waals surface area contributed by atoms with E-state index in [9.17, 15) is 14.7 Å². The molecular weight excluding hydrogens is 288 g/mol. The van der Waals surface area contributed by atoms with Crippen molar-refractivity contribution in [3.05, 3.63) is 47.5 Å². The number of aromatic nitrogens is 2. The van der Waals surface area contributed by atoms with Gasteiger partial charge in [0.1, 0.15) is 11.5 Å². The van der Waals surface area contributed by atoms with Gasteiger partial charge in [0.05, 0.1) is 12.6 Å². The number of imidazole rings is 1. The van der Waals surface area contributed by atoms with E-state index in [0.717, 1.165) is 0 Å². The molecule has 7 heteroatoms. The van der Waals surface area contributed by atoms with Gasteiger partial charge in [-0.05, 0) is 31.2 Å². The fourth-order valence-corrected chi connectivity index (χ4v) is 2.28. The molecule has 3 aromatic rings. The number of hydrogen-bond acceptors (Lipinski definition) is 5. The van der Waals surface area contributed by atoms with E-state index in [4.69, 9.17) is 9.15 Å². The summed E-state index contributed by atoms with van der Waals surface area (Å²) in [6.45, 7) is 1.76. The van der Waals surface area contributed by atoms with Crippen LogP contribution in [0.3, 0.4) is 0 Å². The van der Waals surface area contributed by atoms with Crippen molar-refractivity contribution in [2.75, 3.05) is 7.11 Å². The van der Waals surface area contributed by atoms with Gasteiger partial charge in [-0.3, -0.25) is 4.40 Å². The Labute approximate surface area is 124 Å². The molecule has 0 saturated carbocycles. The topological polar surface area (TPSA) is 94.0 Å². The van der Waals surface area contributed by atoms with Gasteiger partial charge in [-0.15, -0.1) is 0 Å². The molecule has 0 radical (unpaired) electrons. The van der Waals surface area contributed by atoms with Crippen LogP contribution in [-0.4, -0.2) is 33.5 Å². The van der Waals surface area contributed by atoms with Gasteiger partial charge in [0.2, 0.25) is 0 Å². The summed E-state index contributed by atoms with van der Waals surface area (Å²) < 4.78 is 11.7. The third-order valence-electron chi connectivity index (χ3n) is 3.22. The number of nitrogens with zero attached hydrogens (tertiary/aromatic N) is 2. The van der Waals surface area contributed by atoms with E-state index in [0.29, 0.717) is 17.0 Å². The van der Waals surface area contributed by atoms with Crippen LogP contribution in [0.2, 0.25) is 0 Å². The zero-order valence-electron chi connectivity index (χ0n) is 11.9. The summed E-state index contributed by atoms with van der Waals surface area (Å²) in [5.74, 6) is -0.518. The highest BCUT2D eigenvalue weighted by Gasteiger charge is 2.23. The van der Waals surface area contributed by atoms with Crippen molar-refractivity contribution in [1.82, 2.24) is 9.38 Å². The van der Waals surface area contributed by atoms with Crippen molar-refractivity contribution < 1.29 is 23.8 Å². The highest BCUT2D eigenvalue weighted by Crippen LogP contribution is 2.26. The average Bonchev–Trinajstić information content (AvgIpc) is 3.09. The van der Waals surface area contributed by atoms with Gasteiger partial charge >= 0.3 is 11.9 Å². The number of pyridine rings is 1. The van der Waals surface area contributed by atoms with Gasteiger partial charge in [-0.25, -0.2) is 14.6 Å². The lowest BCUT2D eigenvalue weighted by Crippen LogP contribution is -2.08. The molecule has 0 bridgehead atoms. The second-order valence-electron chi connectivity index (χ2n) is 4.62. The molecule has 0 spiro atoms. The first-order valence-corrected chi connectivity index (χ1v) is 6.43. The van der Waals surface area contributed by atoms with Crippen molar-refractivity contribution in [2.45, 2.75) is 6.92 Å². The minimum Gasteiger partial charge on any atom is -0.476 e. The standard InChI is InChI=1S/C15H12N2O5/c1-8-6-7-11(22-8)13-16-12(14(18)19)9-4-3-5-10(17(9)13)15(20)21-2/h3-7H,1-2H3,(H,18,19). The van der Waals surface area contributed by atoms with E-state index in [1.54, 1.807) is 31.2 Å². The van der Waals surface area contributed by atoms with Crippen LogP contribution in [0, 0.1) is 6.92 Å². The van der Waals surface area contributed by atoms with E-state index in [-0.39, 0.29) is 17.2 Å². The number of carboxylic acids is 1. The summed E-state index contributed by atoms with van der Waals surface area (Å²) in [6.07, 6.45) is 0. The molecule has 0 amide bonds. The number of furan rings is 1. The lowest BCUT2D eigenvalue weighted by molar-refractivity contribution is 0.0591. The Hall–Kier alpha value is -3.09. The fraction of sp³-hybridized carbons (Fsp3) is 0.133. The normalized spacial score (nSPS) is 10.8. The van der Waals surface area contributed by atoms with Crippen LogP contribution in [0.1, 0.15) is 26.7 Å². The smallest absolute Gasteiger partial charge is 0.356 e. The predicted octanol–water partition coefficient (Wildman–Crippen LogP) is 2.39. The largest absolute Gasteiger partial charge is 0.476 e. The van der Waals surface area contributed by atoms with Gasteiger partial charge in [0.15, 0.2) is 17.3 Å². The van der Waals surface area contributed by atoms with E-state index in [1.165, 1.54) is 17.6 Å². The van der Waals surface area contributed by atoms with E-state index in [1.807, 2.05) is 0 Å². The highest BCUT2D eigenvalue weighted by atomic mass is 16.5. The van der Waals surface area contributed by atoms with Crippen molar-refractivity contribution in [3.8, 4) is 11.6 Å². The van der Waals surface area contributed by atoms with Crippen LogP contribution in [0.5, 0.6) is 0 Å². The zero-order chi connectivity index (χ0) is 15.9. The molecule has 0 aliphatic carbocycles.